The maximum absolute atomic E-state index is 12.1. The van der Waals surface area contributed by atoms with Gasteiger partial charge in [-0.15, -0.1) is 11.3 Å². The lowest BCUT2D eigenvalue weighted by Gasteiger charge is -2.09. The van der Waals surface area contributed by atoms with Crippen molar-refractivity contribution >= 4 is 28.2 Å². The smallest absolute Gasteiger partial charge is 0.349 e. The fraction of sp³-hybridized carbons (Fsp3) is 0.176. The van der Waals surface area contributed by atoms with Crippen LogP contribution in [0.5, 0.6) is 0 Å². The van der Waals surface area contributed by atoms with Crippen LogP contribution in [0.2, 0.25) is 0 Å². The average molecular weight is 329 g/mol. The van der Waals surface area contributed by atoms with Gasteiger partial charge in [0.1, 0.15) is 11.1 Å². The first-order chi connectivity index (χ1) is 11.1. The molecule has 3 rings (SSSR count). The fourth-order valence-electron chi connectivity index (χ4n) is 2.26. The molecule has 0 radical (unpaired) electrons. The molecule has 2 N–H and O–H groups in total. The average Bonchev–Trinajstić information content (AvgIpc) is 3.08. The third-order valence-electron chi connectivity index (χ3n) is 3.46. The number of benzene rings is 1. The van der Waals surface area contributed by atoms with Crippen LogP contribution in [-0.2, 0) is 0 Å². The van der Waals surface area contributed by atoms with Gasteiger partial charge < -0.3 is 14.8 Å². The van der Waals surface area contributed by atoms with Gasteiger partial charge in [0.15, 0.2) is 0 Å². The van der Waals surface area contributed by atoms with Crippen molar-refractivity contribution in [2.75, 3.05) is 6.54 Å². The third-order valence-corrected chi connectivity index (χ3v) is 4.43. The number of amides is 1. The highest BCUT2D eigenvalue weighted by Gasteiger charge is 2.14. The van der Waals surface area contributed by atoms with Crippen molar-refractivity contribution in [1.82, 2.24) is 5.32 Å². The van der Waals surface area contributed by atoms with E-state index in [0.29, 0.717) is 17.4 Å². The Bertz CT molecular complexity index is 870. The Kier molecular flexibility index (Phi) is 4.55. The number of carbonyl (C=O) groups excluding carboxylic acids is 1. The molecule has 0 fully saturated rings. The molecule has 0 spiro atoms. The predicted octanol–water partition coefficient (Wildman–Crippen LogP) is 2.71. The lowest BCUT2D eigenvalue weighted by molar-refractivity contribution is 0.0940. The molecule has 5 nitrogen and oxygen atoms in total. The molecule has 1 atom stereocenters. The number of hydrogen-bond acceptors (Lipinski definition) is 5. The van der Waals surface area contributed by atoms with Crippen LogP contribution in [0.25, 0.3) is 11.0 Å². The first kappa shape index (κ1) is 15.5. The van der Waals surface area contributed by atoms with Gasteiger partial charge in [-0.05, 0) is 30.0 Å². The monoisotopic (exact) mass is 329 g/mol. The Labute approximate surface area is 136 Å². The molecular formula is C17H15NO4S. The minimum atomic E-state index is -0.667. The summed E-state index contributed by atoms with van der Waals surface area (Å²) in [5.41, 5.74) is -0.253. The Balaban J connectivity index is 1.66. The molecule has 0 unspecified atom stereocenters. The van der Waals surface area contributed by atoms with Crippen molar-refractivity contribution in [3.8, 4) is 0 Å². The van der Waals surface area contributed by atoms with Crippen molar-refractivity contribution in [3.05, 3.63) is 68.7 Å². The van der Waals surface area contributed by atoms with Gasteiger partial charge in [0.2, 0.25) is 0 Å². The first-order valence-corrected chi connectivity index (χ1v) is 8.05. The second-order valence-corrected chi connectivity index (χ2v) is 6.04. The van der Waals surface area contributed by atoms with Crippen LogP contribution in [-0.4, -0.2) is 17.6 Å². The number of carbonyl (C=O) groups is 1. The Morgan fingerprint density at radius 3 is 2.87 bits per heavy atom. The second kappa shape index (κ2) is 6.76. The van der Waals surface area contributed by atoms with E-state index >= 15 is 0 Å². The van der Waals surface area contributed by atoms with Crippen molar-refractivity contribution < 1.29 is 14.3 Å². The second-order valence-electron chi connectivity index (χ2n) is 5.06. The molecule has 3 aromatic rings. The predicted molar refractivity (Wildman–Crippen MR) is 88.7 cm³/mol. The summed E-state index contributed by atoms with van der Waals surface area (Å²) in [7, 11) is 0. The summed E-state index contributed by atoms with van der Waals surface area (Å²) in [5, 5.41) is 15.2. The molecule has 1 aromatic carbocycles. The van der Waals surface area contributed by atoms with Crippen LogP contribution in [0.15, 0.2) is 57.1 Å². The third kappa shape index (κ3) is 3.49. The topological polar surface area (TPSA) is 79.5 Å². The van der Waals surface area contributed by atoms with Gasteiger partial charge in [-0.3, -0.25) is 4.79 Å². The quantitative estimate of drug-likeness (QED) is 0.705. The van der Waals surface area contributed by atoms with Crippen LogP contribution >= 0.6 is 11.3 Å². The molecule has 0 aliphatic heterocycles. The van der Waals surface area contributed by atoms with E-state index in [1.807, 2.05) is 17.5 Å². The minimum Gasteiger partial charge on any atom is -0.422 e. The molecule has 0 saturated carbocycles. The SMILES string of the molecule is O=C(NCC[C@@H](O)c1cccs1)c1cc2ccccc2oc1=O. The zero-order chi connectivity index (χ0) is 16.2. The molecular weight excluding hydrogens is 314 g/mol. The summed E-state index contributed by atoms with van der Waals surface area (Å²) in [6, 6.07) is 12.2. The van der Waals surface area contributed by atoms with Crippen molar-refractivity contribution in [2.24, 2.45) is 0 Å². The Morgan fingerprint density at radius 1 is 1.26 bits per heavy atom. The maximum atomic E-state index is 12.1. The van der Waals surface area contributed by atoms with Crippen LogP contribution in [0.3, 0.4) is 0 Å². The van der Waals surface area contributed by atoms with Crippen molar-refractivity contribution in [3.63, 3.8) is 0 Å². The molecule has 0 saturated heterocycles. The molecule has 2 heterocycles. The van der Waals surface area contributed by atoms with Crippen LogP contribution in [0.4, 0.5) is 0 Å². The molecule has 1 amide bonds. The van der Waals surface area contributed by atoms with E-state index in [1.165, 1.54) is 17.4 Å². The summed E-state index contributed by atoms with van der Waals surface area (Å²) >= 11 is 1.46. The Hall–Kier alpha value is -2.44. The van der Waals surface area contributed by atoms with Gasteiger partial charge in [-0.25, -0.2) is 4.79 Å². The number of rotatable bonds is 5. The summed E-state index contributed by atoms with van der Waals surface area (Å²) in [4.78, 5) is 24.9. The van der Waals surface area contributed by atoms with Gasteiger partial charge in [0.25, 0.3) is 5.91 Å². The molecule has 0 aliphatic carbocycles. The fourth-order valence-corrected chi connectivity index (χ4v) is 3.01. The number of aliphatic hydroxyl groups excluding tert-OH is 1. The van der Waals surface area contributed by atoms with E-state index in [-0.39, 0.29) is 12.1 Å². The van der Waals surface area contributed by atoms with E-state index in [4.69, 9.17) is 4.42 Å². The van der Waals surface area contributed by atoms with Gasteiger partial charge >= 0.3 is 5.63 Å². The zero-order valence-corrected chi connectivity index (χ0v) is 13.0. The highest BCUT2D eigenvalue weighted by Crippen LogP contribution is 2.21. The van der Waals surface area contributed by atoms with E-state index in [9.17, 15) is 14.7 Å². The molecule has 6 heteroatoms. The van der Waals surface area contributed by atoms with E-state index in [1.54, 1.807) is 24.3 Å². The maximum Gasteiger partial charge on any atom is 0.349 e. The van der Waals surface area contributed by atoms with Gasteiger partial charge in [0, 0.05) is 16.8 Å². The van der Waals surface area contributed by atoms with Crippen LogP contribution in [0, 0.1) is 0 Å². The molecule has 0 aliphatic rings. The lowest BCUT2D eigenvalue weighted by atomic mass is 10.1. The molecule has 118 valence electrons. The molecule has 23 heavy (non-hydrogen) atoms. The van der Waals surface area contributed by atoms with Crippen molar-refractivity contribution in [2.45, 2.75) is 12.5 Å². The number of aliphatic hydroxyl groups is 1. The zero-order valence-electron chi connectivity index (χ0n) is 12.2. The van der Waals surface area contributed by atoms with Crippen molar-refractivity contribution in [1.29, 1.82) is 0 Å². The van der Waals surface area contributed by atoms with E-state index in [0.717, 1.165) is 4.88 Å². The number of nitrogens with one attached hydrogen (secondary N) is 1. The van der Waals surface area contributed by atoms with Crippen LogP contribution in [0.1, 0.15) is 27.8 Å². The van der Waals surface area contributed by atoms with Gasteiger partial charge in [0.05, 0.1) is 6.10 Å². The summed E-state index contributed by atoms with van der Waals surface area (Å²) < 4.78 is 5.14. The highest BCUT2D eigenvalue weighted by molar-refractivity contribution is 7.10. The summed E-state index contributed by atoms with van der Waals surface area (Å²) in [6.45, 7) is 0.268. The highest BCUT2D eigenvalue weighted by atomic mass is 32.1. The normalized spacial score (nSPS) is 12.2. The van der Waals surface area contributed by atoms with Crippen LogP contribution < -0.4 is 10.9 Å². The lowest BCUT2D eigenvalue weighted by Crippen LogP contribution is -2.29. The first-order valence-electron chi connectivity index (χ1n) is 7.18. The standard InChI is InChI=1S/C17H15NO4S/c19-13(15-6-3-9-23-15)7-8-18-16(20)12-10-11-4-1-2-5-14(11)22-17(12)21/h1-6,9-10,13,19H,7-8H2,(H,18,20)/t13-/m1/s1. The molecule has 2 aromatic heterocycles. The van der Waals surface area contributed by atoms with Gasteiger partial charge in [-0.2, -0.15) is 0 Å². The number of fused-ring (bicyclic) bond motifs is 1. The minimum absolute atomic E-state index is 0.0330. The number of hydrogen-bond donors (Lipinski definition) is 2. The molecule has 0 bridgehead atoms. The summed E-state index contributed by atoms with van der Waals surface area (Å²) in [5.74, 6) is -0.497. The van der Waals surface area contributed by atoms with Gasteiger partial charge in [-0.1, -0.05) is 24.3 Å². The largest absolute Gasteiger partial charge is 0.422 e. The number of para-hydroxylation sites is 1. The summed E-state index contributed by atoms with van der Waals surface area (Å²) in [6.07, 6.45) is -0.242. The van der Waals surface area contributed by atoms with E-state index < -0.39 is 17.6 Å². The Morgan fingerprint density at radius 2 is 2.09 bits per heavy atom. The van der Waals surface area contributed by atoms with E-state index in [2.05, 4.69) is 5.32 Å². The number of thiophene rings is 1.